The van der Waals surface area contributed by atoms with Crippen LogP contribution in [-0.2, 0) is 0 Å². The number of hydrogen-bond donors (Lipinski definition) is 2. The molecule has 1 aliphatic rings. The largest absolute Gasteiger partial charge is 0.454 e. The molecule has 1 heterocycles. The van der Waals surface area contributed by atoms with Gasteiger partial charge in [0, 0.05) is 4.91 Å². The Bertz CT molecular complexity index is 459. The Hall–Kier alpha value is -1.95. The zero-order valence-electron chi connectivity index (χ0n) is 8.85. The van der Waals surface area contributed by atoms with Gasteiger partial charge >= 0.3 is 0 Å². The summed E-state index contributed by atoms with van der Waals surface area (Å²) in [5.74, 6) is 1.13. The molecule has 1 aromatic carbocycles. The molecule has 7 heteroatoms. The van der Waals surface area contributed by atoms with Crippen molar-refractivity contribution in [1.82, 2.24) is 0 Å². The van der Waals surface area contributed by atoms with Gasteiger partial charge in [0.1, 0.15) is 6.10 Å². The van der Waals surface area contributed by atoms with E-state index in [2.05, 4.69) is 10.0 Å². The Morgan fingerprint density at radius 2 is 2.12 bits per heavy atom. The third kappa shape index (κ3) is 2.42. The molecule has 0 aromatic heterocycles. The van der Waals surface area contributed by atoms with Gasteiger partial charge in [-0.15, -0.1) is 0 Å². The maximum Gasteiger partial charge on any atom is 0.231 e. The van der Waals surface area contributed by atoms with E-state index in [4.69, 9.17) is 15.0 Å². The Morgan fingerprint density at radius 1 is 1.35 bits per heavy atom. The van der Waals surface area contributed by atoms with Crippen LogP contribution in [0.15, 0.2) is 23.3 Å². The minimum atomic E-state index is -1.15. The van der Waals surface area contributed by atoms with Crippen LogP contribution < -0.4 is 9.47 Å². The minimum absolute atomic E-state index is 0.149. The highest BCUT2D eigenvalue weighted by Gasteiger charge is 2.21. The standard InChI is InChI=1S/C10H11N3O4/c11-13-12-4-7(14)10(15)6-1-2-8-9(3-6)17-5-16-8/h1-3,7,10,14-15H,4-5H2. The first-order chi connectivity index (χ1) is 8.22. The number of hydrogen-bond acceptors (Lipinski definition) is 5. The van der Waals surface area contributed by atoms with Crippen molar-refractivity contribution in [2.45, 2.75) is 12.2 Å². The summed E-state index contributed by atoms with van der Waals surface area (Å²) < 4.78 is 10.3. The van der Waals surface area contributed by atoms with Crippen LogP contribution in [0.1, 0.15) is 11.7 Å². The number of aliphatic hydroxyl groups is 2. The van der Waals surface area contributed by atoms with E-state index < -0.39 is 12.2 Å². The second-order valence-corrected chi connectivity index (χ2v) is 3.54. The average molecular weight is 237 g/mol. The van der Waals surface area contributed by atoms with Crippen molar-refractivity contribution in [3.8, 4) is 11.5 Å². The van der Waals surface area contributed by atoms with Gasteiger partial charge in [0.25, 0.3) is 0 Å². The first kappa shape index (κ1) is 11.5. The lowest BCUT2D eigenvalue weighted by Gasteiger charge is -2.16. The molecule has 0 radical (unpaired) electrons. The maximum atomic E-state index is 9.82. The highest BCUT2D eigenvalue weighted by Crippen LogP contribution is 2.34. The molecular formula is C10H11N3O4. The Kier molecular flexibility index (Phi) is 3.34. The van der Waals surface area contributed by atoms with Gasteiger partial charge in [-0.1, -0.05) is 11.2 Å². The van der Waals surface area contributed by atoms with Crippen LogP contribution in [0.5, 0.6) is 11.5 Å². The smallest absolute Gasteiger partial charge is 0.231 e. The summed E-state index contributed by atoms with van der Waals surface area (Å²) in [6.07, 6.45) is -2.28. The van der Waals surface area contributed by atoms with Gasteiger partial charge < -0.3 is 19.7 Å². The molecule has 0 saturated heterocycles. The van der Waals surface area contributed by atoms with Crippen molar-refractivity contribution in [2.75, 3.05) is 13.3 Å². The number of nitrogens with zero attached hydrogens (tertiary/aromatic N) is 3. The molecule has 1 aromatic rings. The summed E-state index contributed by atoms with van der Waals surface area (Å²) in [4.78, 5) is 2.52. The zero-order chi connectivity index (χ0) is 12.3. The van der Waals surface area contributed by atoms with Crippen LogP contribution in [-0.4, -0.2) is 29.7 Å². The van der Waals surface area contributed by atoms with Gasteiger partial charge in [0.2, 0.25) is 6.79 Å². The molecule has 2 atom stereocenters. The molecule has 1 aliphatic heterocycles. The van der Waals surface area contributed by atoms with Crippen LogP contribution in [0.25, 0.3) is 10.4 Å². The summed E-state index contributed by atoms with van der Waals surface area (Å²) in [6, 6.07) is 4.87. The van der Waals surface area contributed by atoms with E-state index in [0.717, 1.165) is 0 Å². The Labute approximate surface area is 96.8 Å². The lowest BCUT2D eigenvalue weighted by atomic mass is 10.0. The molecule has 2 unspecified atom stereocenters. The monoisotopic (exact) mass is 237 g/mol. The highest BCUT2D eigenvalue weighted by atomic mass is 16.7. The number of benzene rings is 1. The first-order valence-corrected chi connectivity index (χ1v) is 4.99. The van der Waals surface area contributed by atoms with Crippen molar-refractivity contribution in [3.63, 3.8) is 0 Å². The number of ether oxygens (including phenoxy) is 2. The van der Waals surface area contributed by atoms with E-state index in [1.54, 1.807) is 18.2 Å². The van der Waals surface area contributed by atoms with Crippen molar-refractivity contribution >= 4 is 0 Å². The van der Waals surface area contributed by atoms with E-state index in [9.17, 15) is 10.2 Å². The number of fused-ring (bicyclic) bond motifs is 1. The minimum Gasteiger partial charge on any atom is -0.454 e. The predicted molar refractivity (Wildman–Crippen MR) is 57.5 cm³/mol. The van der Waals surface area contributed by atoms with Gasteiger partial charge in [-0.3, -0.25) is 0 Å². The second-order valence-electron chi connectivity index (χ2n) is 3.54. The summed E-state index contributed by atoms with van der Waals surface area (Å²) in [5.41, 5.74) is 8.60. The highest BCUT2D eigenvalue weighted by molar-refractivity contribution is 5.45. The topological polar surface area (TPSA) is 108 Å². The Balaban J connectivity index is 2.13. The van der Waals surface area contributed by atoms with E-state index in [1.807, 2.05) is 0 Å². The zero-order valence-corrected chi connectivity index (χ0v) is 8.85. The average Bonchev–Trinajstić information content (AvgIpc) is 2.81. The molecule has 7 nitrogen and oxygen atoms in total. The van der Waals surface area contributed by atoms with Gasteiger partial charge in [-0.05, 0) is 23.2 Å². The van der Waals surface area contributed by atoms with Crippen molar-refractivity contribution in [2.24, 2.45) is 5.11 Å². The van der Waals surface area contributed by atoms with Crippen LogP contribution in [0.4, 0.5) is 0 Å². The molecule has 0 fully saturated rings. The fourth-order valence-electron chi connectivity index (χ4n) is 1.54. The van der Waals surface area contributed by atoms with Gasteiger partial charge in [0.05, 0.1) is 12.6 Å². The SMILES string of the molecule is [N-]=[N+]=NCC(O)C(O)c1ccc2c(c1)OCO2. The first-order valence-electron chi connectivity index (χ1n) is 4.99. The molecule has 0 amide bonds. The van der Waals surface area contributed by atoms with E-state index in [0.29, 0.717) is 17.1 Å². The third-order valence-electron chi connectivity index (χ3n) is 2.43. The summed E-state index contributed by atoms with van der Waals surface area (Å²) in [6.45, 7) is -0.0394. The molecule has 0 spiro atoms. The second kappa shape index (κ2) is 4.92. The van der Waals surface area contributed by atoms with Crippen molar-refractivity contribution < 1.29 is 19.7 Å². The normalized spacial score (nSPS) is 16.1. The molecule has 2 rings (SSSR count). The fraction of sp³-hybridized carbons (Fsp3) is 0.400. The third-order valence-corrected chi connectivity index (χ3v) is 2.43. The summed E-state index contributed by atoms with van der Waals surface area (Å²) in [7, 11) is 0. The van der Waals surface area contributed by atoms with Gasteiger partial charge in [-0.2, -0.15) is 0 Å². The quantitative estimate of drug-likeness (QED) is 0.464. The van der Waals surface area contributed by atoms with E-state index >= 15 is 0 Å². The molecular weight excluding hydrogens is 226 g/mol. The Morgan fingerprint density at radius 3 is 2.88 bits per heavy atom. The maximum absolute atomic E-state index is 9.82. The van der Waals surface area contributed by atoms with Gasteiger partial charge in [0.15, 0.2) is 11.5 Å². The van der Waals surface area contributed by atoms with Gasteiger partial charge in [-0.25, -0.2) is 0 Å². The summed E-state index contributed by atoms with van der Waals surface area (Å²) in [5, 5.41) is 22.6. The fourth-order valence-corrected chi connectivity index (χ4v) is 1.54. The van der Waals surface area contributed by atoms with E-state index in [1.165, 1.54) is 0 Å². The lowest BCUT2D eigenvalue weighted by molar-refractivity contribution is 0.0243. The number of azide groups is 1. The molecule has 2 N–H and O–H groups in total. The predicted octanol–water partition coefficient (Wildman–Crippen LogP) is 1.12. The van der Waals surface area contributed by atoms with Crippen LogP contribution >= 0.6 is 0 Å². The number of rotatable bonds is 4. The van der Waals surface area contributed by atoms with Crippen molar-refractivity contribution in [3.05, 3.63) is 34.2 Å². The number of aliphatic hydroxyl groups excluding tert-OH is 2. The van der Waals surface area contributed by atoms with Crippen LogP contribution in [0.3, 0.4) is 0 Å². The van der Waals surface area contributed by atoms with Crippen LogP contribution in [0.2, 0.25) is 0 Å². The van der Waals surface area contributed by atoms with E-state index in [-0.39, 0.29) is 13.3 Å². The molecule has 0 bridgehead atoms. The lowest BCUT2D eigenvalue weighted by Crippen LogP contribution is -2.21. The molecule has 0 aliphatic carbocycles. The molecule has 17 heavy (non-hydrogen) atoms. The molecule has 0 saturated carbocycles. The van der Waals surface area contributed by atoms with Crippen LogP contribution in [0, 0.1) is 0 Å². The summed E-state index contributed by atoms with van der Waals surface area (Å²) >= 11 is 0. The molecule has 90 valence electrons. The van der Waals surface area contributed by atoms with Crippen molar-refractivity contribution in [1.29, 1.82) is 0 Å².